The van der Waals surface area contributed by atoms with E-state index in [1.165, 1.54) is 38.5 Å². The predicted molar refractivity (Wildman–Crippen MR) is 325 cm³/mol. The van der Waals surface area contributed by atoms with E-state index < -0.39 is 91.5 Å². The zero-order valence-corrected chi connectivity index (χ0v) is 52.2. The fraction of sp³-hybridized carbons (Fsp3) is 0.762. The number of phosphoric acid groups is 2. The summed E-state index contributed by atoms with van der Waals surface area (Å²) in [5.41, 5.74) is 0. The van der Waals surface area contributed by atoms with Gasteiger partial charge in [0, 0.05) is 19.3 Å². The second-order valence-corrected chi connectivity index (χ2v) is 23.7. The highest BCUT2D eigenvalue weighted by atomic mass is 31.2. The molecule has 5 unspecified atom stereocenters. The van der Waals surface area contributed by atoms with Gasteiger partial charge < -0.3 is 34.2 Å². The zero-order valence-electron chi connectivity index (χ0n) is 50.4. The first-order chi connectivity index (χ1) is 39.2. The van der Waals surface area contributed by atoms with Crippen LogP contribution < -0.4 is 0 Å². The number of esters is 3. The molecule has 5 atom stereocenters. The molecule has 0 saturated carbocycles. The van der Waals surface area contributed by atoms with Crippen molar-refractivity contribution in [2.24, 2.45) is 0 Å². The molecule has 4 N–H and O–H groups in total. The maximum atomic E-state index is 12.8. The lowest BCUT2D eigenvalue weighted by Crippen LogP contribution is -2.30. The predicted octanol–water partition coefficient (Wildman–Crippen LogP) is 16.4. The Bertz CT molecular complexity index is 1780. The smallest absolute Gasteiger partial charge is 0.463 e. The van der Waals surface area contributed by atoms with Gasteiger partial charge >= 0.3 is 33.6 Å². The zero-order chi connectivity index (χ0) is 59.6. The molecule has 0 saturated heterocycles. The number of carbonyl (C=O) groups excluding carboxylic acids is 3. The van der Waals surface area contributed by atoms with E-state index in [4.69, 9.17) is 32.3 Å². The number of hydrogen-bond donors (Lipinski definition) is 4. The molecule has 0 fully saturated rings. The summed E-state index contributed by atoms with van der Waals surface area (Å²) in [6, 6.07) is 0. The molecule has 0 aliphatic carbocycles. The molecular weight excluding hydrogens is 1070 g/mol. The van der Waals surface area contributed by atoms with Gasteiger partial charge in [-0.15, -0.1) is 0 Å². The summed E-state index contributed by atoms with van der Waals surface area (Å²) in [6.45, 7) is 2.41. The van der Waals surface area contributed by atoms with Crippen molar-refractivity contribution in [3.63, 3.8) is 0 Å². The van der Waals surface area contributed by atoms with Crippen LogP contribution in [0.1, 0.15) is 252 Å². The third kappa shape index (κ3) is 58.6. The summed E-state index contributed by atoms with van der Waals surface area (Å²) in [7, 11) is -9.76. The van der Waals surface area contributed by atoms with Crippen LogP contribution in [-0.2, 0) is 55.8 Å². The van der Waals surface area contributed by atoms with Gasteiger partial charge in [-0.25, -0.2) is 9.13 Å². The quantitative estimate of drug-likeness (QED) is 0.0146. The van der Waals surface area contributed by atoms with E-state index >= 15 is 0 Å². The Hall–Kier alpha value is -3.01. The maximum Gasteiger partial charge on any atom is 0.472 e. The van der Waals surface area contributed by atoms with Crippen molar-refractivity contribution in [3.8, 4) is 0 Å². The van der Waals surface area contributed by atoms with Crippen molar-refractivity contribution in [3.05, 3.63) is 72.9 Å². The monoisotopic (exact) mass is 1190 g/mol. The maximum absolute atomic E-state index is 12.8. The van der Waals surface area contributed by atoms with Crippen molar-refractivity contribution in [2.45, 2.75) is 270 Å². The molecule has 0 aliphatic rings. The number of rotatable bonds is 59. The SMILES string of the molecule is CC/C=C\C/C=C\C/C=C\CCCCCCCCCC(=O)OCC(O)COP(=O)(O)OCC(O)COP(=O)(O)OCC(COC(=O)CCCCCCCCC/C=C\C/C=C\C/C=C\CC)OC(=O)CCCCCCCCCCCCC. The van der Waals surface area contributed by atoms with Crippen molar-refractivity contribution in [1.82, 2.24) is 0 Å². The molecule has 0 heterocycles. The highest BCUT2D eigenvalue weighted by molar-refractivity contribution is 7.47. The van der Waals surface area contributed by atoms with Gasteiger partial charge in [-0.2, -0.15) is 0 Å². The van der Waals surface area contributed by atoms with Gasteiger partial charge in [0.1, 0.15) is 25.4 Å². The number of allylic oxidation sites excluding steroid dienone is 12. The van der Waals surface area contributed by atoms with Gasteiger partial charge in [0.05, 0.1) is 26.4 Å². The van der Waals surface area contributed by atoms with Crippen LogP contribution in [0, 0.1) is 0 Å². The van der Waals surface area contributed by atoms with Gasteiger partial charge in [0.25, 0.3) is 0 Å². The molecule has 0 aliphatic heterocycles. The molecule has 81 heavy (non-hydrogen) atoms. The Morgan fingerprint density at radius 1 is 0.358 bits per heavy atom. The normalized spacial score (nSPS) is 14.9. The number of aliphatic hydroxyl groups excluding tert-OH is 2. The summed E-state index contributed by atoms with van der Waals surface area (Å²) in [4.78, 5) is 58.1. The average Bonchev–Trinajstić information content (AvgIpc) is 3.44. The lowest BCUT2D eigenvalue weighted by molar-refractivity contribution is -0.161. The topological polar surface area (TPSA) is 231 Å². The minimum atomic E-state index is -4.91. The van der Waals surface area contributed by atoms with Crippen molar-refractivity contribution in [2.75, 3.05) is 39.6 Å². The van der Waals surface area contributed by atoms with Crippen LogP contribution in [0.2, 0.25) is 0 Å². The molecule has 0 amide bonds. The van der Waals surface area contributed by atoms with Crippen LogP contribution in [0.15, 0.2) is 72.9 Å². The van der Waals surface area contributed by atoms with Crippen molar-refractivity contribution in [1.29, 1.82) is 0 Å². The van der Waals surface area contributed by atoms with Gasteiger partial charge in [-0.05, 0) is 83.5 Å². The Morgan fingerprint density at radius 2 is 0.654 bits per heavy atom. The Labute approximate surface area is 490 Å². The molecular formula is C63H112O16P2. The number of hydrogen-bond acceptors (Lipinski definition) is 14. The van der Waals surface area contributed by atoms with E-state index in [2.05, 4.69) is 93.7 Å². The van der Waals surface area contributed by atoms with E-state index in [0.717, 1.165) is 154 Å². The second kappa shape index (κ2) is 57.4. The second-order valence-electron chi connectivity index (χ2n) is 20.8. The van der Waals surface area contributed by atoms with E-state index in [0.29, 0.717) is 19.3 Å². The molecule has 0 bridgehead atoms. The van der Waals surface area contributed by atoms with Gasteiger partial charge in [0.2, 0.25) is 0 Å². The summed E-state index contributed by atoms with van der Waals surface area (Å²) in [5, 5.41) is 20.5. The third-order valence-electron chi connectivity index (χ3n) is 12.9. The number of phosphoric ester groups is 2. The van der Waals surface area contributed by atoms with E-state index in [1.807, 2.05) is 0 Å². The Kier molecular flexibility index (Phi) is 55.3. The minimum absolute atomic E-state index is 0.105. The number of ether oxygens (including phenoxy) is 3. The largest absolute Gasteiger partial charge is 0.472 e. The lowest BCUT2D eigenvalue weighted by Gasteiger charge is -2.21. The van der Waals surface area contributed by atoms with Crippen LogP contribution in [0.4, 0.5) is 0 Å². The van der Waals surface area contributed by atoms with Crippen LogP contribution in [0.25, 0.3) is 0 Å². The van der Waals surface area contributed by atoms with Crippen LogP contribution >= 0.6 is 15.6 Å². The minimum Gasteiger partial charge on any atom is -0.463 e. The van der Waals surface area contributed by atoms with E-state index in [1.54, 1.807) is 0 Å². The molecule has 0 aromatic rings. The molecule has 0 rings (SSSR count). The Morgan fingerprint density at radius 3 is 1.04 bits per heavy atom. The first-order valence-electron chi connectivity index (χ1n) is 31.2. The van der Waals surface area contributed by atoms with Gasteiger partial charge in [-0.3, -0.25) is 32.5 Å². The fourth-order valence-electron chi connectivity index (χ4n) is 8.19. The molecule has 0 radical (unpaired) electrons. The molecule has 0 spiro atoms. The highest BCUT2D eigenvalue weighted by Crippen LogP contribution is 2.45. The number of aliphatic hydroxyl groups is 2. The van der Waals surface area contributed by atoms with Crippen molar-refractivity contribution < 1.29 is 75.8 Å². The Balaban J connectivity index is 4.64. The molecule has 0 aromatic heterocycles. The first-order valence-corrected chi connectivity index (χ1v) is 34.2. The van der Waals surface area contributed by atoms with E-state index in [9.17, 15) is 43.5 Å². The van der Waals surface area contributed by atoms with Gasteiger partial charge in [0.15, 0.2) is 6.10 Å². The van der Waals surface area contributed by atoms with E-state index in [-0.39, 0.29) is 19.3 Å². The average molecular weight is 1190 g/mol. The van der Waals surface area contributed by atoms with Crippen LogP contribution in [0.5, 0.6) is 0 Å². The fourth-order valence-corrected chi connectivity index (χ4v) is 9.77. The first kappa shape index (κ1) is 78.0. The summed E-state index contributed by atoms with van der Waals surface area (Å²) in [6.07, 6.45) is 56.8. The molecule has 0 aromatic carbocycles. The molecule has 16 nitrogen and oxygen atoms in total. The van der Waals surface area contributed by atoms with Gasteiger partial charge in [-0.1, -0.05) is 222 Å². The molecule has 18 heteroatoms. The lowest BCUT2D eigenvalue weighted by atomic mass is 10.1. The van der Waals surface area contributed by atoms with Crippen molar-refractivity contribution >= 4 is 33.6 Å². The summed E-state index contributed by atoms with van der Waals surface area (Å²) in [5.74, 6) is -1.59. The van der Waals surface area contributed by atoms with Crippen LogP contribution in [0.3, 0.4) is 0 Å². The summed E-state index contributed by atoms with van der Waals surface area (Å²) >= 11 is 0. The number of carbonyl (C=O) groups is 3. The van der Waals surface area contributed by atoms with Crippen LogP contribution in [-0.4, -0.2) is 95.9 Å². The molecule has 470 valence electrons. The highest BCUT2D eigenvalue weighted by Gasteiger charge is 2.29. The third-order valence-corrected chi connectivity index (χ3v) is 14.8. The summed E-state index contributed by atoms with van der Waals surface area (Å²) < 4.78 is 60.7. The number of unbranched alkanes of at least 4 members (excludes halogenated alkanes) is 24. The standard InChI is InChI=1S/C63H112O16P2/c1-4-7-10-13-16-19-22-24-26-28-30-32-35-37-40-43-46-49-61(66)73-52-58(64)53-75-80(69,70)76-54-59(65)55-77-81(71,72)78-57-60(79-63(68)51-48-45-42-39-34-21-18-15-12-9-6-3)56-74-62(67)50-47-44-41-38-36-33-31-29-27-25-23-20-17-14-11-8-5-2/h7-8,10-11,16-17,19-20,24-27,58-60,64-65H,4-6,9,12-15,18,21-23,28-57H2,1-3H3,(H,69,70)(H,71,72)/b10-7-,11-8-,19-16-,20-17-,26-24-,27-25-.